The van der Waals surface area contributed by atoms with Gasteiger partial charge in [0.05, 0.1) is 6.10 Å². The molecule has 0 radical (unpaired) electrons. The average molecular weight is 315 g/mol. The zero-order chi connectivity index (χ0) is 16.9. The Balaban J connectivity index is 3.18. The van der Waals surface area contributed by atoms with E-state index in [1.165, 1.54) is 6.92 Å². The zero-order valence-electron chi connectivity index (χ0n) is 12.6. The Kier molecular flexibility index (Phi) is 6.14. The zero-order valence-corrected chi connectivity index (χ0v) is 12.6. The van der Waals surface area contributed by atoms with Crippen LogP contribution in [-0.4, -0.2) is 48.6 Å². The second-order valence-electron chi connectivity index (χ2n) is 4.66. The minimum absolute atomic E-state index is 0.624. The summed E-state index contributed by atoms with van der Waals surface area (Å²) in [7, 11) is 0. The van der Waals surface area contributed by atoms with E-state index in [1.807, 2.05) is 0 Å². The Labute approximate surface area is 126 Å². The Hall–Kier alpha value is -2.32. The van der Waals surface area contributed by atoms with Gasteiger partial charge in [-0.15, -0.1) is 0 Å². The van der Waals surface area contributed by atoms with Crippen molar-refractivity contribution in [3.63, 3.8) is 0 Å². The molecule has 0 saturated carbocycles. The molecule has 1 aliphatic rings. The molecular formula is C12H17N3O7. The van der Waals surface area contributed by atoms with Gasteiger partial charge in [-0.3, -0.25) is 14.4 Å². The molecule has 1 aliphatic heterocycles. The molecule has 22 heavy (non-hydrogen) atoms. The van der Waals surface area contributed by atoms with Gasteiger partial charge in [-0.25, -0.2) is 0 Å². The van der Waals surface area contributed by atoms with Crippen molar-refractivity contribution in [1.29, 1.82) is 0 Å². The van der Waals surface area contributed by atoms with Gasteiger partial charge in [0.15, 0.2) is 24.5 Å². The first-order valence-corrected chi connectivity index (χ1v) is 6.47. The highest BCUT2D eigenvalue weighted by Gasteiger charge is 2.49. The summed E-state index contributed by atoms with van der Waals surface area (Å²) in [5.41, 5.74) is 8.58. The lowest BCUT2D eigenvalue weighted by Gasteiger charge is -2.42. The number of carbonyl (C=O) groups is 3. The number of nitrogens with zero attached hydrogens (tertiary/aromatic N) is 3. The minimum Gasteiger partial charge on any atom is -0.456 e. The summed E-state index contributed by atoms with van der Waals surface area (Å²) < 4.78 is 20.6. The predicted molar refractivity (Wildman–Crippen MR) is 70.1 cm³/mol. The number of hydrogen-bond acceptors (Lipinski definition) is 8. The van der Waals surface area contributed by atoms with Crippen LogP contribution >= 0.6 is 0 Å². The van der Waals surface area contributed by atoms with E-state index < -0.39 is 48.6 Å². The van der Waals surface area contributed by atoms with Gasteiger partial charge in [-0.1, -0.05) is 5.11 Å². The summed E-state index contributed by atoms with van der Waals surface area (Å²) in [6.07, 6.45) is -5.33. The topological polar surface area (TPSA) is 137 Å². The van der Waals surface area contributed by atoms with Crippen molar-refractivity contribution in [2.75, 3.05) is 0 Å². The quantitative estimate of drug-likeness (QED) is 0.246. The van der Waals surface area contributed by atoms with Crippen LogP contribution in [-0.2, 0) is 33.3 Å². The monoisotopic (exact) mass is 315 g/mol. The van der Waals surface area contributed by atoms with E-state index in [-0.39, 0.29) is 0 Å². The first kappa shape index (κ1) is 17.7. The number of ether oxygens (including phenoxy) is 4. The summed E-state index contributed by atoms with van der Waals surface area (Å²) in [6, 6.07) is 0. The van der Waals surface area contributed by atoms with Crippen molar-refractivity contribution < 1.29 is 33.3 Å². The van der Waals surface area contributed by atoms with Gasteiger partial charge in [-0.05, 0) is 12.5 Å². The SMILES string of the molecule is CC(=O)OC1C(OC(C)=O)[C@H](N=[N+]=[N-])OC(C)[C@@H]1OC(C)=O. The van der Waals surface area contributed by atoms with E-state index in [0.29, 0.717) is 0 Å². The fraction of sp³-hybridized carbons (Fsp3) is 0.750. The van der Waals surface area contributed by atoms with Gasteiger partial charge in [0.1, 0.15) is 0 Å². The molecule has 1 rings (SSSR count). The van der Waals surface area contributed by atoms with E-state index in [2.05, 4.69) is 10.0 Å². The van der Waals surface area contributed by atoms with Gasteiger partial charge in [0.25, 0.3) is 0 Å². The third-order valence-corrected chi connectivity index (χ3v) is 2.82. The van der Waals surface area contributed by atoms with Gasteiger partial charge < -0.3 is 18.9 Å². The first-order chi connectivity index (χ1) is 10.3. The number of esters is 3. The van der Waals surface area contributed by atoms with Crippen molar-refractivity contribution in [3.05, 3.63) is 10.4 Å². The number of hydrogen-bond donors (Lipinski definition) is 0. The Morgan fingerprint density at radius 1 is 0.955 bits per heavy atom. The smallest absolute Gasteiger partial charge is 0.303 e. The van der Waals surface area contributed by atoms with E-state index >= 15 is 0 Å². The van der Waals surface area contributed by atoms with Crippen LogP contribution in [0.1, 0.15) is 27.7 Å². The second kappa shape index (κ2) is 7.62. The molecule has 0 aliphatic carbocycles. The van der Waals surface area contributed by atoms with E-state index in [4.69, 9.17) is 24.5 Å². The number of azide groups is 1. The lowest BCUT2D eigenvalue weighted by molar-refractivity contribution is -0.242. The number of carbonyl (C=O) groups excluding carboxylic acids is 3. The molecule has 122 valence electrons. The summed E-state index contributed by atoms with van der Waals surface area (Å²) in [5.74, 6) is -1.99. The first-order valence-electron chi connectivity index (χ1n) is 6.47. The van der Waals surface area contributed by atoms with E-state index in [9.17, 15) is 14.4 Å². The molecule has 10 heteroatoms. The highest BCUT2D eigenvalue weighted by molar-refractivity contribution is 5.68. The fourth-order valence-corrected chi connectivity index (χ4v) is 2.13. The molecule has 1 fully saturated rings. The summed E-state index contributed by atoms with van der Waals surface area (Å²) >= 11 is 0. The third-order valence-electron chi connectivity index (χ3n) is 2.82. The van der Waals surface area contributed by atoms with Gasteiger partial charge in [-0.2, -0.15) is 0 Å². The molecule has 10 nitrogen and oxygen atoms in total. The normalized spacial score (nSPS) is 30.6. The maximum atomic E-state index is 11.3. The van der Waals surface area contributed by atoms with Crippen molar-refractivity contribution in [2.45, 2.75) is 58.3 Å². The van der Waals surface area contributed by atoms with Gasteiger partial charge in [0.2, 0.25) is 0 Å². The summed E-state index contributed by atoms with van der Waals surface area (Å²) in [6.45, 7) is 5.01. The highest BCUT2D eigenvalue weighted by Crippen LogP contribution is 2.29. The van der Waals surface area contributed by atoms with Crippen molar-refractivity contribution in [1.82, 2.24) is 0 Å². The van der Waals surface area contributed by atoms with Crippen LogP contribution in [0.4, 0.5) is 0 Å². The van der Waals surface area contributed by atoms with Crippen LogP contribution < -0.4 is 0 Å². The van der Waals surface area contributed by atoms with Crippen molar-refractivity contribution in [3.8, 4) is 0 Å². The maximum Gasteiger partial charge on any atom is 0.303 e. The molecule has 0 N–H and O–H groups in total. The molecule has 5 atom stereocenters. The molecule has 3 unspecified atom stereocenters. The van der Waals surface area contributed by atoms with Crippen LogP contribution in [0.15, 0.2) is 5.11 Å². The lowest BCUT2D eigenvalue weighted by atomic mass is 9.98. The Bertz CT molecular complexity index is 503. The van der Waals surface area contributed by atoms with E-state index in [0.717, 1.165) is 13.8 Å². The molecule has 0 aromatic heterocycles. The third kappa shape index (κ3) is 4.61. The highest BCUT2D eigenvalue weighted by atomic mass is 16.6. The van der Waals surface area contributed by atoms with Crippen LogP contribution in [0.25, 0.3) is 10.4 Å². The summed E-state index contributed by atoms with van der Waals surface area (Å²) in [4.78, 5) is 36.4. The molecule has 0 aromatic carbocycles. The molecule has 0 spiro atoms. The second-order valence-corrected chi connectivity index (χ2v) is 4.66. The fourth-order valence-electron chi connectivity index (χ4n) is 2.13. The van der Waals surface area contributed by atoms with Crippen LogP contribution in [0.3, 0.4) is 0 Å². The number of rotatable bonds is 4. The molecule has 0 amide bonds. The van der Waals surface area contributed by atoms with Crippen LogP contribution in [0.5, 0.6) is 0 Å². The predicted octanol–water partition coefficient (Wildman–Crippen LogP) is 0.837. The van der Waals surface area contributed by atoms with Crippen molar-refractivity contribution in [2.24, 2.45) is 5.11 Å². The maximum absolute atomic E-state index is 11.3. The molecular weight excluding hydrogens is 298 g/mol. The largest absolute Gasteiger partial charge is 0.456 e. The lowest BCUT2D eigenvalue weighted by Crippen LogP contribution is -2.59. The van der Waals surface area contributed by atoms with E-state index in [1.54, 1.807) is 6.92 Å². The standard InChI is InChI=1S/C12H17N3O7/c1-5-9(20-6(2)16)10(21-7(3)17)11(22-8(4)18)12(19-5)14-15-13/h5,9-12H,1-4H3/t5?,9-,10?,11?,12+/m0/s1. The molecule has 1 saturated heterocycles. The van der Waals surface area contributed by atoms with Gasteiger partial charge in [0, 0.05) is 25.7 Å². The van der Waals surface area contributed by atoms with Crippen LogP contribution in [0.2, 0.25) is 0 Å². The van der Waals surface area contributed by atoms with Crippen LogP contribution in [0, 0.1) is 0 Å². The molecule has 1 heterocycles. The van der Waals surface area contributed by atoms with Crippen molar-refractivity contribution >= 4 is 17.9 Å². The summed E-state index contributed by atoms with van der Waals surface area (Å²) in [5, 5.41) is 3.39. The Morgan fingerprint density at radius 2 is 1.41 bits per heavy atom. The Morgan fingerprint density at radius 3 is 1.86 bits per heavy atom. The average Bonchev–Trinajstić information content (AvgIpc) is 2.37. The van der Waals surface area contributed by atoms with Gasteiger partial charge >= 0.3 is 17.9 Å². The molecule has 0 bridgehead atoms. The molecule has 0 aromatic rings. The minimum atomic E-state index is -1.22.